The molecule has 1 aliphatic heterocycles. The number of methoxy groups -OCH3 is 1. The number of benzene rings is 1. The number of fused-ring (bicyclic) bond motifs is 1. The molecule has 0 unspecified atom stereocenters. The third-order valence-corrected chi connectivity index (χ3v) is 4.68. The number of nitrogens with two attached hydrogens (primary N) is 1. The molecule has 0 amide bonds. The number of hydrogen-bond acceptors (Lipinski definition) is 7. The van der Waals surface area contributed by atoms with Crippen molar-refractivity contribution in [3.8, 4) is 5.88 Å². The summed E-state index contributed by atoms with van der Waals surface area (Å²) in [5.74, 6) is 2.10. The summed E-state index contributed by atoms with van der Waals surface area (Å²) >= 11 is 0. The third kappa shape index (κ3) is 3.15. The zero-order valence-electron chi connectivity index (χ0n) is 14.2. The Labute approximate surface area is 145 Å². The minimum Gasteiger partial charge on any atom is -0.481 e. The fraction of sp³-hybridized carbons (Fsp3) is 0.389. The lowest BCUT2D eigenvalue weighted by atomic mass is 9.97. The number of aromatic nitrogens is 3. The molecule has 3 heterocycles. The highest BCUT2D eigenvalue weighted by Crippen LogP contribution is 2.31. The van der Waals surface area contributed by atoms with Gasteiger partial charge in [-0.15, -0.1) is 0 Å². The molecule has 7 heteroatoms. The Bertz CT molecular complexity index is 846. The van der Waals surface area contributed by atoms with Crippen molar-refractivity contribution in [3.05, 3.63) is 42.0 Å². The fourth-order valence-corrected chi connectivity index (χ4v) is 3.42. The first-order chi connectivity index (χ1) is 12.2. The molecule has 0 aliphatic carbocycles. The molecule has 3 aromatic rings. The predicted octanol–water partition coefficient (Wildman–Crippen LogP) is 2.59. The molecule has 25 heavy (non-hydrogen) atoms. The number of piperidine rings is 1. The number of rotatable bonds is 4. The average Bonchev–Trinajstić information content (AvgIpc) is 3.08. The summed E-state index contributed by atoms with van der Waals surface area (Å²) in [6.07, 6.45) is 3.58. The second-order valence-corrected chi connectivity index (χ2v) is 6.34. The second kappa shape index (κ2) is 6.68. The van der Waals surface area contributed by atoms with E-state index in [1.807, 2.05) is 24.3 Å². The molecular weight excluding hydrogens is 318 g/mol. The Morgan fingerprint density at radius 2 is 2.20 bits per heavy atom. The molecule has 1 saturated heterocycles. The molecule has 2 aromatic heterocycles. The van der Waals surface area contributed by atoms with Crippen LogP contribution in [0.1, 0.15) is 30.2 Å². The molecule has 1 fully saturated rings. The lowest BCUT2D eigenvalue weighted by Gasteiger charge is -2.31. The first kappa shape index (κ1) is 15.8. The van der Waals surface area contributed by atoms with Gasteiger partial charge in [0, 0.05) is 19.0 Å². The molecule has 2 N–H and O–H groups in total. The smallest absolute Gasteiger partial charge is 0.222 e. The number of nitrogens with zero attached hydrogens (tertiary/aromatic N) is 4. The second-order valence-electron chi connectivity index (χ2n) is 6.34. The third-order valence-electron chi connectivity index (χ3n) is 4.68. The van der Waals surface area contributed by atoms with Gasteiger partial charge in [-0.1, -0.05) is 12.1 Å². The van der Waals surface area contributed by atoms with Crippen LogP contribution >= 0.6 is 0 Å². The lowest BCUT2D eigenvalue weighted by molar-refractivity contribution is 0.185. The van der Waals surface area contributed by atoms with E-state index in [0.29, 0.717) is 18.2 Å². The molecule has 0 saturated carbocycles. The number of ether oxygens (including phenoxy) is 1. The molecule has 1 aliphatic rings. The van der Waals surface area contributed by atoms with Crippen LogP contribution in [-0.4, -0.2) is 40.1 Å². The van der Waals surface area contributed by atoms with Crippen molar-refractivity contribution in [1.82, 2.24) is 19.9 Å². The van der Waals surface area contributed by atoms with E-state index in [2.05, 4.69) is 19.9 Å². The Hall–Kier alpha value is -2.67. The van der Waals surface area contributed by atoms with Crippen LogP contribution in [0.15, 0.2) is 35.0 Å². The fourth-order valence-electron chi connectivity index (χ4n) is 3.42. The minimum absolute atomic E-state index is 0.276. The summed E-state index contributed by atoms with van der Waals surface area (Å²) in [6, 6.07) is 7.89. The topological polar surface area (TPSA) is 90.3 Å². The quantitative estimate of drug-likeness (QED) is 0.781. The van der Waals surface area contributed by atoms with Crippen molar-refractivity contribution < 1.29 is 9.15 Å². The predicted molar refractivity (Wildman–Crippen MR) is 94.3 cm³/mol. The van der Waals surface area contributed by atoms with Gasteiger partial charge in [-0.3, -0.25) is 4.90 Å². The zero-order valence-corrected chi connectivity index (χ0v) is 14.2. The van der Waals surface area contributed by atoms with Crippen LogP contribution in [0, 0.1) is 0 Å². The largest absolute Gasteiger partial charge is 0.481 e. The van der Waals surface area contributed by atoms with Gasteiger partial charge in [0.25, 0.3) is 0 Å². The van der Waals surface area contributed by atoms with Crippen LogP contribution in [0.25, 0.3) is 11.1 Å². The first-order valence-electron chi connectivity index (χ1n) is 8.45. The van der Waals surface area contributed by atoms with E-state index in [4.69, 9.17) is 14.9 Å². The molecule has 0 radical (unpaired) electrons. The summed E-state index contributed by atoms with van der Waals surface area (Å²) in [5.41, 5.74) is 8.62. The average molecular weight is 339 g/mol. The van der Waals surface area contributed by atoms with Crippen molar-refractivity contribution in [2.75, 3.05) is 25.9 Å². The normalized spacial score (nSPS) is 18.5. The van der Waals surface area contributed by atoms with Crippen LogP contribution in [-0.2, 0) is 6.54 Å². The Balaban J connectivity index is 1.53. The van der Waals surface area contributed by atoms with Gasteiger partial charge in [-0.05, 0) is 31.5 Å². The maximum atomic E-state index is 6.02. The zero-order chi connectivity index (χ0) is 17.2. The Morgan fingerprint density at radius 3 is 3.04 bits per heavy atom. The maximum Gasteiger partial charge on any atom is 0.222 e. The van der Waals surface area contributed by atoms with Gasteiger partial charge >= 0.3 is 0 Å². The lowest BCUT2D eigenvalue weighted by Crippen LogP contribution is -2.34. The Morgan fingerprint density at radius 1 is 1.32 bits per heavy atom. The van der Waals surface area contributed by atoms with Crippen molar-refractivity contribution >= 4 is 16.9 Å². The Kier molecular flexibility index (Phi) is 4.23. The SMILES string of the molecule is COc1ncnc(N)c1CN1CCC[C@@H](c2nc3ccccc3o2)C1. The monoisotopic (exact) mass is 339 g/mol. The number of para-hydroxylation sites is 2. The molecule has 1 atom stereocenters. The van der Waals surface area contributed by atoms with Crippen LogP contribution in [0.4, 0.5) is 5.82 Å². The van der Waals surface area contributed by atoms with Gasteiger partial charge in [0.1, 0.15) is 17.7 Å². The van der Waals surface area contributed by atoms with Crippen LogP contribution < -0.4 is 10.5 Å². The summed E-state index contributed by atoms with van der Waals surface area (Å²) < 4.78 is 11.3. The summed E-state index contributed by atoms with van der Waals surface area (Å²) in [4.78, 5) is 15.2. The number of anilines is 1. The van der Waals surface area contributed by atoms with E-state index in [0.717, 1.165) is 48.5 Å². The van der Waals surface area contributed by atoms with Crippen molar-refractivity contribution in [3.63, 3.8) is 0 Å². The highest BCUT2D eigenvalue weighted by atomic mass is 16.5. The molecule has 1 aromatic carbocycles. The van der Waals surface area contributed by atoms with Crippen LogP contribution in [0.5, 0.6) is 5.88 Å². The van der Waals surface area contributed by atoms with Gasteiger partial charge in [0.15, 0.2) is 11.5 Å². The highest BCUT2D eigenvalue weighted by Gasteiger charge is 2.26. The van der Waals surface area contributed by atoms with Crippen LogP contribution in [0.3, 0.4) is 0 Å². The van der Waals surface area contributed by atoms with Gasteiger partial charge in [-0.25, -0.2) is 15.0 Å². The van der Waals surface area contributed by atoms with Gasteiger partial charge < -0.3 is 14.9 Å². The number of nitrogen functional groups attached to an aromatic ring is 1. The van der Waals surface area contributed by atoms with E-state index in [1.54, 1.807) is 7.11 Å². The maximum absolute atomic E-state index is 6.02. The van der Waals surface area contributed by atoms with Crippen molar-refractivity contribution in [1.29, 1.82) is 0 Å². The minimum atomic E-state index is 0.276. The van der Waals surface area contributed by atoms with E-state index in [1.165, 1.54) is 6.33 Å². The molecule has 7 nitrogen and oxygen atoms in total. The summed E-state index contributed by atoms with van der Waals surface area (Å²) in [7, 11) is 1.60. The van der Waals surface area contributed by atoms with Crippen molar-refractivity contribution in [2.24, 2.45) is 0 Å². The molecular formula is C18H21N5O2. The van der Waals surface area contributed by atoms with E-state index in [-0.39, 0.29) is 5.92 Å². The summed E-state index contributed by atoms with van der Waals surface area (Å²) in [6.45, 7) is 2.52. The van der Waals surface area contributed by atoms with E-state index in [9.17, 15) is 0 Å². The summed E-state index contributed by atoms with van der Waals surface area (Å²) in [5, 5.41) is 0. The molecule has 130 valence electrons. The van der Waals surface area contributed by atoms with Gasteiger partial charge in [-0.2, -0.15) is 0 Å². The van der Waals surface area contributed by atoms with Crippen LogP contribution in [0.2, 0.25) is 0 Å². The molecule has 0 bridgehead atoms. The van der Waals surface area contributed by atoms with E-state index < -0.39 is 0 Å². The highest BCUT2D eigenvalue weighted by molar-refractivity contribution is 5.72. The standard InChI is InChI=1S/C18H21N5O2/c1-24-18-13(16(19)20-11-21-18)10-23-8-4-5-12(9-23)17-22-14-6-2-3-7-15(14)25-17/h2-3,6-7,11-12H,4-5,8-10H2,1H3,(H2,19,20,21)/t12-/m1/s1. The number of oxazole rings is 1. The van der Waals surface area contributed by atoms with Gasteiger partial charge in [0.05, 0.1) is 12.7 Å². The first-order valence-corrected chi connectivity index (χ1v) is 8.45. The van der Waals surface area contributed by atoms with Crippen molar-refractivity contribution in [2.45, 2.75) is 25.3 Å². The molecule has 0 spiro atoms. The number of hydrogen-bond donors (Lipinski definition) is 1. The molecule has 4 rings (SSSR count). The van der Waals surface area contributed by atoms with Gasteiger partial charge in [0.2, 0.25) is 5.88 Å². The van der Waals surface area contributed by atoms with E-state index >= 15 is 0 Å². The number of likely N-dealkylation sites (tertiary alicyclic amines) is 1.